The molecule has 4 rings (SSSR count). The standard InChI is InChI=1S/C21H20ClN3O3S2/c1-28-17-5-4-14(11-15(17)22)16-12-30-21(23-16)24-19(26)13-6-8-25(9-7-13)20(27)18-3-2-10-29-18/h2-5,10-13H,6-9H2,1H3,(H,23,24,26). The van der Waals surface area contributed by atoms with E-state index < -0.39 is 0 Å². The summed E-state index contributed by atoms with van der Waals surface area (Å²) in [5.41, 5.74) is 1.61. The van der Waals surface area contributed by atoms with Crippen LogP contribution in [0.4, 0.5) is 5.13 Å². The number of nitrogens with one attached hydrogen (secondary N) is 1. The van der Waals surface area contributed by atoms with Crippen LogP contribution in [0.3, 0.4) is 0 Å². The number of nitrogens with zero attached hydrogens (tertiary/aromatic N) is 2. The van der Waals surface area contributed by atoms with E-state index in [1.807, 2.05) is 33.9 Å². The Morgan fingerprint density at radius 3 is 2.70 bits per heavy atom. The summed E-state index contributed by atoms with van der Waals surface area (Å²) < 4.78 is 5.17. The number of thiazole rings is 1. The highest BCUT2D eigenvalue weighted by Crippen LogP contribution is 2.32. The minimum Gasteiger partial charge on any atom is -0.495 e. The fourth-order valence-corrected chi connectivity index (χ4v) is 5.07. The molecule has 0 saturated carbocycles. The van der Waals surface area contributed by atoms with E-state index in [2.05, 4.69) is 10.3 Å². The number of ether oxygens (including phenoxy) is 1. The maximum atomic E-state index is 12.7. The number of likely N-dealkylation sites (tertiary alicyclic amines) is 1. The number of rotatable bonds is 5. The Balaban J connectivity index is 1.34. The Kier molecular flexibility index (Phi) is 6.36. The molecule has 0 aliphatic carbocycles. The van der Waals surface area contributed by atoms with Crippen LogP contribution >= 0.6 is 34.3 Å². The summed E-state index contributed by atoms with van der Waals surface area (Å²) in [6.45, 7) is 1.17. The number of hydrogen-bond donors (Lipinski definition) is 1. The molecule has 2 amide bonds. The zero-order chi connectivity index (χ0) is 21.1. The zero-order valence-electron chi connectivity index (χ0n) is 16.3. The highest BCUT2D eigenvalue weighted by molar-refractivity contribution is 7.14. The van der Waals surface area contributed by atoms with Crippen molar-refractivity contribution in [3.8, 4) is 17.0 Å². The van der Waals surface area contributed by atoms with Crippen LogP contribution < -0.4 is 10.1 Å². The van der Waals surface area contributed by atoms with E-state index in [4.69, 9.17) is 16.3 Å². The van der Waals surface area contributed by atoms with Crippen LogP contribution in [0, 0.1) is 5.92 Å². The average molecular weight is 462 g/mol. The second-order valence-corrected chi connectivity index (χ2v) is 9.13. The van der Waals surface area contributed by atoms with Gasteiger partial charge in [0.1, 0.15) is 5.75 Å². The lowest BCUT2D eigenvalue weighted by atomic mass is 9.96. The molecule has 3 aromatic rings. The summed E-state index contributed by atoms with van der Waals surface area (Å²) in [4.78, 5) is 32.2. The minimum absolute atomic E-state index is 0.0478. The van der Waals surface area contributed by atoms with Gasteiger partial charge >= 0.3 is 0 Å². The second-order valence-electron chi connectivity index (χ2n) is 6.92. The van der Waals surface area contributed by atoms with Gasteiger partial charge in [-0.3, -0.25) is 9.59 Å². The molecule has 0 radical (unpaired) electrons. The molecule has 1 aromatic carbocycles. The van der Waals surface area contributed by atoms with Crippen LogP contribution in [0.15, 0.2) is 41.1 Å². The molecule has 1 fully saturated rings. The van der Waals surface area contributed by atoms with Gasteiger partial charge in [0, 0.05) is 30.0 Å². The summed E-state index contributed by atoms with van der Waals surface area (Å²) in [7, 11) is 1.57. The summed E-state index contributed by atoms with van der Waals surface area (Å²) in [5, 5.41) is 7.77. The summed E-state index contributed by atoms with van der Waals surface area (Å²) in [6, 6.07) is 9.18. The highest BCUT2D eigenvalue weighted by atomic mass is 35.5. The number of carbonyl (C=O) groups is 2. The normalized spacial score (nSPS) is 14.5. The molecule has 2 aromatic heterocycles. The predicted octanol–water partition coefficient (Wildman–Crippen LogP) is 5.02. The van der Waals surface area contributed by atoms with Crippen molar-refractivity contribution in [1.29, 1.82) is 0 Å². The predicted molar refractivity (Wildman–Crippen MR) is 121 cm³/mol. The van der Waals surface area contributed by atoms with Crippen molar-refractivity contribution in [3.63, 3.8) is 0 Å². The van der Waals surface area contributed by atoms with E-state index in [9.17, 15) is 9.59 Å². The van der Waals surface area contributed by atoms with Crippen LogP contribution in [-0.2, 0) is 4.79 Å². The number of halogens is 1. The Morgan fingerprint density at radius 2 is 2.03 bits per heavy atom. The van der Waals surface area contributed by atoms with Gasteiger partial charge in [-0.25, -0.2) is 4.98 Å². The third-order valence-electron chi connectivity index (χ3n) is 5.07. The molecule has 1 saturated heterocycles. The fraction of sp³-hybridized carbons (Fsp3) is 0.286. The maximum absolute atomic E-state index is 12.7. The molecule has 1 N–H and O–H groups in total. The number of carbonyl (C=O) groups excluding carboxylic acids is 2. The molecule has 0 bridgehead atoms. The molecule has 0 spiro atoms. The molecule has 0 atom stereocenters. The number of thiophene rings is 1. The van der Waals surface area contributed by atoms with Gasteiger partial charge in [-0.2, -0.15) is 0 Å². The number of piperidine rings is 1. The van der Waals surface area contributed by atoms with Gasteiger partial charge in [0.15, 0.2) is 5.13 Å². The Morgan fingerprint density at radius 1 is 1.23 bits per heavy atom. The first kappa shape index (κ1) is 20.8. The van der Waals surface area contributed by atoms with Crippen LogP contribution in [0.2, 0.25) is 5.02 Å². The molecule has 30 heavy (non-hydrogen) atoms. The first-order chi connectivity index (χ1) is 14.5. The van der Waals surface area contributed by atoms with E-state index in [1.54, 1.807) is 19.2 Å². The van der Waals surface area contributed by atoms with Crippen LogP contribution in [0.1, 0.15) is 22.5 Å². The lowest BCUT2D eigenvalue weighted by Gasteiger charge is -2.30. The quantitative estimate of drug-likeness (QED) is 0.578. The van der Waals surface area contributed by atoms with E-state index in [-0.39, 0.29) is 17.7 Å². The molecule has 0 unspecified atom stereocenters. The average Bonchev–Trinajstić information content (AvgIpc) is 3.46. The molecule has 1 aliphatic heterocycles. The van der Waals surface area contributed by atoms with Crippen molar-refractivity contribution < 1.29 is 14.3 Å². The first-order valence-corrected chi connectivity index (χ1v) is 11.6. The molecule has 9 heteroatoms. The van der Waals surface area contributed by atoms with Gasteiger partial charge in [0.25, 0.3) is 5.91 Å². The molecular formula is C21H20ClN3O3S2. The van der Waals surface area contributed by atoms with E-state index in [1.165, 1.54) is 22.7 Å². The molecule has 156 valence electrons. The van der Waals surface area contributed by atoms with Gasteiger partial charge in [0.2, 0.25) is 5.91 Å². The summed E-state index contributed by atoms with van der Waals surface area (Å²) in [6.07, 6.45) is 1.30. The summed E-state index contributed by atoms with van der Waals surface area (Å²) >= 11 is 9.01. The number of benzene rings is 1. The zero-order valence-corrected chi connectivity index (χ0v) is 18.6. The van der Waals surface area contributed by atoms with E-state index >= 15 is 0 Å². The fourth-order valence-electron chi connectivity index (χ4n) is 3.40. The van der Waals surface area contributed by atoms with Gasteiger partial charge in [0.05, 0.1) is 22.7 Å². The van der Waals surface area contributed by atoms with Gasteiger partial charge in [-0.05, 0) is 42.5 Å². The lowest BCUT2D eigenvalue weighted by Crippen LogP contribution is -2.41. The van der Waals surface area contributed by atoms with Gasteiger partial charge in [-0.1, -0.05) is 17.7 Å². The van der Waals surface area contributed by atoms with Crippen molar-refractivity contribution >= 4 is 51.2 Å². The summed E-state index contributed by atoms with van der Waals surface area (Å²) in [5.74, 6) is 0.478. The number of amides is 2. The second kappa shape index (κ2) is 9.16. The van der Waals surface area contributed by atoms with Crippen molar-refractivity contribution in [2.75, 3.05) is 25.5 Å². The topological polar surface area (TPSA) is 71.5 Å². The van der Waals surface area contributed by atoms with Crippen LogP contribution in [0.25, 0.3) is 11.3 Å². The maximum Gasteiger partial charge on any atom is 0.263 e. The first-order valence-electron chi connectivity index (χ1n) is 9.48. The number of anilines is 1. The van der Waals surface area contributed by atoms with Crippen molar-refractivity contribution in [2.24, 2.45) is 5.92 Å². The largest absolute Gasteiger partial charge is 0.495 e. The molecule has 3 heterocycles. The molecular weight excluding hydrogens is 442 g/mol. The minimum atomic E-state index is -0.125. The Bertz CT molecular complexity index is 1040. The van der Waals surface area contributed by atoms with E-state index in [0.717, 1.165) is 16.1 Å². The molecule has 1 aliphatic rings. The monoisotopic (exact) mass is 461 g/mol. The van der Waals surface area contributed by atoms with Crippen LogP contribution in [0.5, 0.6) is 5.75 Å². The van der Waals surface area contributed by atoms with Crippen LogP contribution in [-0.4, -0.2) is 41.9 Å². The van der Waals surface area contributed by atoms with Gasteiger partial charge < -0.3 is 15.0 Å². The van der Waals surface area contributed by atoms with Crippen molar-refractivity contribution in [3.05, 3.63) is 51.0 Å². The van der Waals surface area contributed by atoms with Crippen molar-refractivity contribution in [2.45, 2.75) is 12.8 Å². The van der Waals surface area contributed by atoms with Gasteiger partial charge in [-0.15, -0.1) is 22.7 Å². The number of aromatic nitrogens is 1. The van der Waals surface area contributed by atoms with Crippen molar-refractivity contribution in [1.82, 2.24) is 9.88 Å². The third kappa shape index (κ3) is 4.50. The molecule has 6 nitrogen and oxygen atoms in total. The Labute approximate surface area is 187 Å². The number of hydrogen-bond acceptors (Lipinski definition) is 6. The number of methoxy groups -OCH3 is 1. The lowest BCUT2D eigenvalue weighted by molar-refractivity contribution is -0.121. The van der Waals surface area contributed by atoms with E-state index in [0.29, 0.717) is 41.8 Å². The SMILES string of the molecule is COc1ccc(-c2csc(NC(=O)C3CCN(C(=O)c4cccs4)CC3)n2)cc1Cl. The Hall–Kier alpha value is -2.42. The third-order valence-corrected chi connectivity index (χ3v) is 6.98. The highest BCUT2D eigenvalue weighted by Gasteiger charge is 2.28. The smallest absolute Gasteiger partial charge is 0.263 e.